The van der Waals surface area contributed by atoms with Crippen LogP contribution in [0.4, 0.5) is 0 Å². The molecule has 2 heteroatoms. The molecule has 0 fully saturated rings. The summed E-state index contributed by atoms with van der Waals surface area (Å²) >= 11 is 0. The number of aromatic nitrogens is 2. The summed E-state index contributed by atoms with van der Waals surface area (Å²) in [6.07, 6.45) is 0. The van der Waals surface area contributed by atoms with Crippen molar-refractivity contribution in [2.45, 2.75) is 5.41 Å². The molecule has 2 nitrogen and oxygen atoms in total. The first-order valence-electron chi connectivity index (χ1n) is 17.8. The number of nitrogens with zero attached hydrogens (tertiary/aromatic N) is 1. The minimum Gasteiger partial charge on any atom is -0.354 e. The van der Waals surface area contributed by atoms with Crippen LogP contribution in [0.3, 0.4) is 0 Å². The van der Waals surface area contributed by atoms with Crippen LogP contribution in [0.25, 0.3) is 82.7 Å². The minimum absolute atomic E-state index is 0.501. The normalized spacial score (nSPS) is 15.5. The highest BCUT2D eigenvalue weighted by Crippen LogP contribution is 2.65. The van der Waals surface area contributed by atoms with Crippen LogP contribution in [-0.4, -0.2) is 9.55 Å². The van der Waals surface area contributed by atoms with Crippen LogP contribution in [0.15, 0.2) is 176 Å². The molecule has 0 aliphatic heterocycles. The minimum atomic E-state index is -0.501. The van der Waals surface area contributed by atoms with Gasteiger partial charge in [0.2, 0.25) is 0 Å². The van der Waals surface area contributed by atoms with E-state index in [9.17, 15) is 0 Å². The molecule has 0 amide bonds. The maximum atomic E-state index is 3.88. The maximum Gasteiger partial charge on any atom is 0.0747 e. The Hall–Kier alpha value is -6.64. The second-order valence-corrected chi connectivity index (χ2v) is 14.1. The number of nitrogens with one attached hydrogen (secondary N) is 1. The zero-order chi connectivity index (χ0) is 33.3. The van der Waals surface area contributed by atoms with Gasteiger partial charge in [-0.2, -0.15) is 0 Å². The Morgan fingerprint density at radius 1 is 0.412 bits per heavy atom. The number of H-pyrrole nitrogens is 1. The van der Waals surface area contributed by atoms with E-state index >= 15 is 0 Å². The van der Waals surface area contributed by atoms with E-state index in [2.05, 4.69) is 185 Å². The predicted molar refractivity (Wildman–Crippen MR) is 212 cm³/mol. The van der Waals surface area contributed by atoms with Crippen molar-refractivity contribution in [3.05, 3.63) is 198 Å². The third-order valence-corrected chi connectivity index (χ3v) is 11.8. The van der Waals surface area contributed by atoms with Crippen molar-refractivity contribution in [2.24, 2.45) is 0 Å². The molecular weight excluding hydrogens is 617 g/mol. The summed E-state index contributed by atoms with van der Waals surface area (Å²) in [7, 11) is 0. The highest BCUT2D eigenvalue weighted by molar-refractivity contribution is 6.18. The maximum absolute atomic E-state index is 3.88. The van der Waals surface area contributed by atoms with Gasteiger partial charge in [0.15, 0.2) is 0 Å². The van der Waals surface area contributed by atoms with Crippen LogP contribution in [-0.2, 0) is 5.41 Å². The third kappa shape index (κ3) is 3.32. The largest absolute Gasteiger partial charge is 0.354 e. The molecule has 2 aromatic heterocycles. The molecule has 8 aromatic carbocycles. The van der Waals surface area contributed by atoms with Gasteiger partial charge >= 0.3 is 0 Å². The van der Waals surface area contributed by atoms with Gasteiger partial charge in [-0.1, -0.05) is 152 Å². The lowest BCUT2D eigenvalue weighted by Gasteiger charge is -2.31. The second kappa shape index (κ2) is 9.74. The van der Waals surface area contributed by atoms with Gasteiger partial charge in [-0.15, -0.1) is 0 Å². The molecule has 51 heavy (non-hydrogen) atoms. The monoisotopic (exact) mass is 646 g/mol. The summed E-state index contributed by atoms with van der Waals surface area (Å²) in [5, 5.41) is 5.09. The van der Waals surface area contributed by atoms with E-state index in [0.717, 1.165) is 5.69 Å². The van der Waals surface area contributed by atoms with E-state index in [-0.39, 0.29) is 0 Å². The number of fused-ring (bicyclic) bond motifs is 18. The molecule has 1 N–H and O–H groups in total. The topological polar surface area (TPSA) is 20.7 Å². The van der Waals surface area contributed by atoms with E-state index < -0.39 is 5.41 Å². The number of hydrogen-bond donors (Lipinski definition) is 1. The fourth-order valence-electron chi connectivity index (χ4n) is 9.79. The molecule has 1 spiro atoms. The van der Waals surface area contributed by atoms with E-state index in [0.29, 0.717) is 0 Å². The van der Waals surface area contributed by atoms with Crippen LogP contribution in [0, 0.1) is 0 Å². The summed E-state index contributed by atoms with van der Waals surface area (Å²) in [5.74, 6) is 0. The SMILES string of the molecule is c1ccc(-c2ccc(-n3c4ccccc4c4ccc5c(c43)C3(c4ccccc4-5)c4ccccc4-c4c3ccc3c4[nH]c4ccccc43)cc2)cc1. The van der Waals surface area contributed by atoms with Crippen LogP contribution >= 0.6 is 0 Å². The van der Waals surface area contributed by atoms with E-state index in [1.54, 1.807) is 0 Å². The zero-order valence-electron chi connectivity index (χ0n) is 27.7. The van der Waals surface area contributed by atoms with Crippen molar-refractivity contribution in [3.63, 3.8) is 0 Å². The lowest BCUT2D eigenvalue weighted by Crippen LogP contribution is -2.26. The molecule has 0 bridgehead atoms. The Kier molecular flexibility index (Phi) is 5.20. The number of hydrogen-bond acceptors (Lipinski definition) is 0. The summed E-state index contributed by atoms with van der Waals surface area (Å²) in [5.41, 5.74) is 18.6. The Balaban J connectivity index is 1.25. The molecule has 2 heterocycles. The molecule has 1 unspecified atom stereocenters. The van der Waals surface area contributed by atoms with E-state index in [1.807, 2.05) is 0 Å². The highest BCUT2D eigenvalue weighted by atomic mass is 15.0. The Morgan fingerprint density at radius 2 is 1.06 bits per heavy atom. The van der Waals surface area contributed by atoms with Crippen LogP contribution in [0.1, 0.15) is 22.3 Å². The predicted octanol–water partition coefficient (Wildman–Crippen LogP) is 12.4. The van der Waals surface area contributed by atoms with Crippen molar-refractivity contribution in [3.8, 4) is 39.1 Å². The molecule has 2 aliphatic rings. The molecule has 12 rings (SSSR count). The van der Waals surface area contributed by atoms with Gasteiger partial charge in [0.05, 0.1) is 22.0 Å². The fourth-order valence-corrected chi connectivity index (χ4v) is 9.79. The summed E-state index contributed by atoms with van der Waals surface area (Å²) in [4.78, 5) is 3.88. The van der Waals surface area contributed by atoms with Gasteiger partial charge in [0.25, 0.3) is 0 Å². The molecule has 10 aromatic rings. The molecule has 0 radical (unpaired) electrons. The first-order chi connectivity index (χ1) is 25.3. The summed E-state index contributed by atoms with van der Waals surface area (Å²) in [6, 6.07) is 65.3. The lowest BCUT2D eigenvalue weighted by atomic mass is 9.70. The average molecular weight is 647 g/mol. The zero-order valence-corrected chi connectivity index (χ0v) is 27.7. The van der Waals surface area contributed by atoms with Crippen molar-refractivity contribution in [1.82, 2.24) is 9.55 Å². The molecule has 1 atom stereocenters. The Bertz CT molecular complexity index is 3070. The molecule has 0 saturated carbocycles. The summed E-state index contributed by atoms with van der Waals surface area (Å²) < 4.78 is 2.54. The number of rotatable bonds is 2. The van der Waals surface area contributed by atoms with Crippen molar-refractivity contribution in [2.75, 3.05) is 0 Å². The molecular formula is C49H30N2. The first-order valence-corrected chi connectivity index (χ1v) is 17.8. The van der Waals surface area contributed by atoms with Gasteiger partial charge < -0.3 is 9.55 Å². The van der Waals surface area contributed by atoms with Crippen molar-refractivity contribution >= 4 is 43.6 Å². The Morgan fingerprint density at radius 3 is 1.90 bits per heavy atom. The van der Waals surface area contributed by atoms with Crippen LogP contribution in [0.2, 0.25) is 0 Å². The first kappa shape index (κ1) is 27.2. The quantitative estimate of drug-likeness (QED) is 0.193. The van der Waals surface area contributed by atoms with Crippen LogP contribution in [0.5, 0.6) is 0 Å². The highest BCUT2D eigenvalue weighted by Gasteiger charge is 2.53. The van der Waals surface area contributed by atoms with Gasteiger partial charge in [-0.3, -0.25) is 0 Å². The van der Waals surface area contributed by atoms with Gasteiger partial charge in [0.1, 0.15) is 0 Å². The van der Waals surface area contributed by atoms with Crippen LogP contribution < -0.4 is 0 Å². The van der Waals surface area contributed by atoms with E-state index in [4.69, 9.17) is 0 Å². The van der Waals surface area contributed by atoms with Crippen molar-refractivity contribution in [1.29, 1.82) is 0 Å². The fraction of sp³-hybridized carbons (Fsp3) is 0.0204. The van der Waals surface area contributed by atoms with Crippen molar-refractivity contribution < 1.29 is 0 Å². The van der Waals surface area contributed by atoms with E-state index in [1.165, 1.54) is 99.2 Å². The second-order valence-electron chi connectivity index (χ2n) is 14.1. The molecule has 236 valence electrons. The third-order valence-electron chi connectivity index (χ3n) is 11.8. The number of para-hydroxylation sites is 2. The lowest BCUT2D eigenvalue weighted by molar-refractivity contribution is 0.797. The van der Waals surface area contributed by atoms with Gasteiger partial charge in [-0.05, 0) is 68.8 Å². The summed E-state index contributed by atoms with van der Waals surface area (Å²) in [6.45, 7) is 0. The van der Waals surface area contributed by atoms with Gasteiger partial charge in [-0.25, -0.2) is 0 Å². The average Bonchev–Trinajstić information content (AvgIpc) is 3.92. The smallest absolute Gasteiger partial charge is 0.0747 e. The van der Waals surface area contributed by atoms with Gasteiger partial charge in [0, 0.05) is 43.9 Å². The molecule has 0 saturated heterocycles. The number of benzene rings is 8. The Labute approximate surface area is 294 Å². The standard InChI is InChI=1S/C49H30N2/c1-2-12-30(13-3-1)31-22-24-32(25-23-31)51-44-21-11-7-16-35(44)38-27-26-36-33-14-4-8-18-40(33)49(46(36)48(38)51)41-19-9-5-17-39(41)45-42(49)29-28-37-34-15-6-10-20-43(34)50-47(37)45/h1-29,50H. The molecule has 2 aliphatic carbocycles. The number of aromatic amines is 1.